The number of aryl methyl sites for hydroxylation is 1. The summed E-state index contributed by atoms with van der Waals surface area (Å²) in [6.45, 7) is 2.30. The lowest BCUT2D eigenvalue weighted by molar-refractivity contribution is 0.359. The van der Waals surface area contributed by atoms with Crippen molar-refractivity contribution in [3.8, 4) is 0 Å². The van der Waals surface area contributed by atoms with Crippen molar-refractivity contribution in [2.75, 3.05) is 5.88 Å². The van der Waals surface area contributed by atoms with Gasteiger partial charge in [-0.05, 0) is 47.7 Å². The third-order valence-corrected chi connectivity index (χ3v) is 5.00. The number of hydrogen-bond donors (Lipinski definition) is 0. The lowest BCUT2D eigenvalue weighted by Gasteiger charge is -2.23. The van der Waals surface area contributed by atoms with E-state index in [0.717, 1.165) is 33.8 Å². The zero-order valence-electron chi connectivity index (χ0n) is 11.6. The first kappa shape index (κ1) is 14.3. The second-order valence-electron chi connectivity index (χ2n) is 5.62. The van der Waals surface area contributed by atoms with Gasteiger partial charge in [0.2, 0.25) is 0 Å². The van der Waals surface area contributed by atoms with Crippen molar-refractivity contribution in [3.63, 3.8) is 0 Å². The standard InChI is InChI=1S/C15H19BrClN3/c1-10(11-4-2-3-5-11)20-14(6-7-17)19-13-8-12(16)9-18-15(13)20/h8-11H,2-7H2,1H3. The topological polar surface area (TPSA) is 30.7 Å². The highest BCUT2D eigenvalue weighted by Gasteiger charge is 2.26. The van der Waals surface area contributed by atoms with E-state index in [1.807, 2.05) is 12.3 Å². The first-order valence-corrected chi connectivity index (χ1v) is 8.61. The Kier molecular flexibility index (Phi) is 4.32. The van der Waals surface area contributed by atoms with E-state index in [1.165, 1.54) is 25.7 Å². The average molecular weight is 357 g/mol. The zero-order chi connectivity index (χ0) is 14.1. The Hall–Kier alpha value is -0.610. The van der Waals surface area contributed by atoms with Crippen molar-refractivity contribution in [1.29, 1.82) is 0 Å². The fourth-order valence-electron chi connectivity index (χ4n) is 3.34. The van der Waals surface area contributed by atoms with Crippen LogP contribution in [0.5, 0.6) is 0 Å². The van der Waals surface area contributed by atoms with E-state index in [9.17, 15) is 0 Å². The smallest absolute Gasteiger partial charge is 0.160 e. The highest BCUT2D eigenvalue weighted by Crippen LogP contribution is 2.36. The van der Waals surface area contributed by atoms with E-state index < -0.39 is 0 Å². The van der Waals surface area contributed by atoms with Crippen molar-refractivity contribution in [2.45, 2.75) is 45.1 Å². The molecule has 108 valence electrons. The molecule has 0 N–H and O–H groups in total. The van der Waals surface area contributed by atoms with Crippen LogP contribution in [0.25, 0.3) is 11.2 Å². The molecule has 1 unspecified atom stereocenters. The summed E-state index contributed by atoms with van der Waals surface area (Å²) in [6, 6.07) is 2.49. The molecule has 0 spiro atoms. The van der Waals surface area contributed by atoms with Gasteiger partial charge in [-0.1, -0.05) is 12.8 Å². The minimum Gasteiger partial charge on any atom is -0.310 e. The van der Waals surface area contributed by atoms with Gasteiger partial charge >= 0.3 is 0 Å². The number of hydrogen-bond acceptors (Lipinski definition) is 2. The van der Waals surface area contributed by atoms with Gasteiger partial charge in [0, 0.05) is 29.0 Å². The molecule has 0 saturated heterocycles. The first-order valence-electron chi connectivity index (χ1n) is 7.29. The van der Waals surface area contributed by atoms with Crippen LogP contribution in [0, 0.1) is 5.92 Å². The van der Waals surface area contributed by atoms with Crippen LogP contribution in [-0.4, -0.2) is 20.4 Å². The summed E-state index contributed by atoms with van der Waals surface area (Å²) in [7, 11) is 0. The maximum Gasteiger partial charge on any atom is 0.160 e. The van der Waals surface area contributed by atoms with Gasteiger partial charge in [0.1, 0.15) is 11.3 Å². The number of nitrogens with zero attached hydrogens (tertiary/aromatic N) is 3. The van der Waals surface area contributed by atoms with Gasteiger partial charge in [-0.2, -0.15) is 0 Å². The molecule has 1 atom stereocenters. The van der Waals surface area contributed by atoms with E-state index in [-0.39, 0.29) is 0 Å². The van der Waals surface area contributed by atoms with Gasteiger partial charge in [-0.15, -0.1) is 11.6 Å². The number of imidazole rings is 1. The van der Waals surface area contributed by atoms with Crippen LogP contribution < -0.4 is 0 Å². The predicted molar refractivity (Wildman–Crippen MR) is 86.3 cm³/mol. The van der Waals surface area contributed by atoms with Crippen LogP contribution in [0.4, 0.5) is 0 Å². The SMILES string of the molecule is CC(C1CCCC1)n1c(CCCl)nc2cc(Br)cnc21. The predicted octanol–water partition coefficient (Wildman–Crippen LogP) is 4.73. The molecule has 0 radical (unpaired) electrons. The molecule has 1 aliphatic rings. The van der Waals surface area contributed by atoms with Crippen molar-refractivity contribution in [2.24, 2.45) is 5.92 Å². The summed E-state index contributed by atoms with van der Waals surface area (Å²) in [6.07, 6.45) is 7.99. The summed E-state index contributed by atoms with van der Waals surface area (Å²) >= 11 is 9.42. The molecule has 2 aromatic rings. The molecule has 3 rings (SSSR count). The van der Waals surface area contributed by atoms with E-state index in [1.54, 1.807) is 0 Å². The highest BCUT2D eigenvalue weighted by molar-refractivity contribution is 9.10. The van der Waals surface area contributed by atoms with Gasteiger partial charge < -0.3 is 4.57 Å². The Balaban J connectivity index is 2.07. The molecule has 0 aromatic carbocycles. The van der Waals surface area contributed by atoms with Crippen molar-refractivity contribution >= 4 is 38.7 Å². The summed E-state index contributed by atoms with van der Waals surface area (Å²) in [5.41, 5.74) is 1.96. The molecular formula is C15H19BrClN3. The second-order valence-corrected chi connectivity index (χ2v) is 6.91. The van der Waals surface area contributed by atoms with Gasteiger partial charge in [0.15, 0.2) is 5.65 Å². The van der Waals surface area contributed by atoms with E-state index >= 15 is 0 Å². The van der Waals surface area contributed by atoms with E-state index in [4.69, 9.17) is 16.6 Å². The van der Waals surface area contributed by atoms with Crippen LogP contribution in [0.1, 0.15) is 44.5 Å². The van der Waals surface area contributed by atoms with Crippen molar-refractivity contribution in [1.82, 2.24) is 14.5 Å². The van der Waals surface area contributed by atoms with Crippen molar-refractivity contribution in [3.05, 3.63) is 22.6 Å². The molecule has 0 aliphatic heterocycles. The number of fused-ring (bicyclic) bond motifs is 1. The van der Waals surface area contributed by atoms with Gasteiger partial charge in [0.25, 0.3) is 0 Å². The minimum atomic E-state index is 0.453. The molecule has 1 fully saturated rings. The van der Waals surface area contributed by atoms with Crippen LogP contribution in [-0.2, 0) is 6.42 Å². The van der Waals surface area contributed by atoms with Crippen LogP contribution in [0.2, 0.25) is 0 Å². The second kappa shape index (κ2) is 6.02. The normalized spacial score (nSPS) is 17.9. The zero-order valence-corrected chi connectivity index (χ0v) is 14.0. The first-order chi connectivity index (χ1) is 9.70. The third kappa shape index (κ3) is 2.60. The number of halogens is 2. The molecule has 2 aromatic heterocycles. The van der Waals surface area contributed by atoms with Crippen LogP contribution in [0.3, 0.4) is 0 Å². The van der Waals surface area contributed by atoms with Crippen LogP contribution >= 0.6 is 27.5 Å². The number of pyridine rings is 1. The van der Waals surface area contributed by atoms with Gasteiger partial charge in [0.05, 0.1) is 0 Å². The third-order valence-electron chi connectivity index (χ3n) is 4.38. The Labute approximate surface area is 132 Å². The molecule has 20 heavy (non-hydrogen) atoms. The molecule has 0 amide bonds. The van der Waals surface area contributed by atoms with E-state index in [0.29, 0.717) is 11.9 Å². The lowest BCUT2D eigenvalue weighted by Crippen LogP contribution is -2.17. The monoisotopic (exact) mass is 355 g/mol. The quantitative estimate of drug-likeness (QED) is 0.742. The number of aromatic nitrogens is 3. The molecule has 5 heteroatoms. The largest absolute Gasteiger partial charge is 0.310 e. The lowest BCUT2D eigenvalue weighted by atomic mass is 9.99. The van der Waals surface area contributed by atoms with Gasteiger partial charge in [-0.25, -0.2) is 9.97 Å². The van der Waals surface area contributed by atoms with E-state index in [2.05, 4.69) is 32.4 Å². The Morgan fingerprint density at radius 3 is 2.90 bits per heavy atom. The Morgan fingerprint density at radius 2 is 2.20 bits per heavy atom. The maximum atomic E-state index is 5.95. The Morgan fingerprint density at radius 1 is 1.45 bits per heavy atom. The average Bonchev–Trinajstić information content (AvgIpc) is 3.05. The minimum absolute atomic E-state index is 0.453. The van der Waals surface area contributed by atoms with Gasteiger partial charge in [-0.3, -0.25) is 0 Å². The summed E-state index contributed by atoms with van der Waals surface area (Å²) < 4.78 is 3.29. The van der Waals surface area contributed by atoms with Crippen molar-refractivity contribution < 1.29 is 0 Å². The molecule has 1 aliphatic carbocycles. The molecule has 0 bridgehead atoms. The molecule has 2 heterocycles. The summed E-state index contributed by atoms with van der Waals surface area (Å²) in [4.78, 5) is 9.33. The molecular weight excluding hydrogens is 338 g/mol. The summed E-state index contributed by atoms with van der Waals surface area (Å²) in [5, 5.41) is 0. The number of rotatable bonds is 4. The maximum absolute atomic E-state index is 5.95. The van der Waals surface area contributed by atoms with Crippen LogP contribution in [0.15, 0.2) is 16.7 Å². The number of alkyl halides is 1. The molecule has 1 saturated carbocycles. The summed E-state index contributed by atoms with van der Waals surface area (Å²) in [5.74, 6) is 2.41. The highest BCUT2D eigenvalue weighted by atomic mass is 79.9. The fourth-order valence-corrected chi connectivity index (χ4v) is 3.83. The fraction of sp³-hybridized carbons (Fsp3) is 0.600. The Bertz CT molecular complexity index is 604. The molecule has 3 nitrogen and oxygen atoms in total.